The minimum Gasteiger partial charge on any atom is -0.452 e. The Morgan fingerprint density at radius 3 is 2.38 bits per heavy atom. The number of anilines is 2. The van der Waals surface area contributed by atoms with Gasteiger partial charge in [-0.15, -0.1) is 0 Å². The van der Waals surface area contributed by atoms with Crippen LogP contribution in [-0.4, -0.2) is 44.3 Å². The highest BCUT2D eigenvalue weighted by Gasteiger charge is 2.26. The zero-order valence-corrected chi connectivity index (χ0v) is 17.0. The molecule has 0 aromatic heterocycles. The SMILES string of the molecule is Nc1cc(C(=O)OCC(=O)Nc2ccc(S(=O)(=O)N3CCCC3)cc2)ccc1Cl. The summed E-state index contributed by atoms with van der Waals surface area (Å²) in [5.74, 6) is -1.27. The van der Waals surface area contributed by atoms with Crippen molar-refractivity contribution in [3.8, 4) is 0 Å². The highest BCUT2D eigenvalue weighted by Crippen LogP contribution is 2.22. The quantitative estimate of drug-likeness (QED) is 0.529. The van der Waals surface area contributed by atoms with Crippen molar-refractivity contribution in [3.05, 3.63) is 53.1 Å². The van der Waals surface area contributed by atoms with E-state index in [1.165, 1.54) is 46.8 Å². The van der Waals surface area contributed by atoms with Gasteiger partial charge in [-0.2, -0.15) is 4.31 Å². The Hall–Kier alpha value is -2.62. The van der Waals surface area contributed by atoms with Crippen LogP contribution in [0.2, 0.25) is 5.02 Å². The van der Waals surface area contributed by atoms with Crippen molar-refractivity contribution in [1.29, 1.82) is 0 Å². The van der Waals surface area contributed by atoms with Crippen LogP contribution >= 0.6 is 11.6 Å². The van der Waals surface area contributed by atoms with Gasteiger partial charge < -0.3 is 15.8 Å². The molecule has 1 heterocycles. The number of hydrogen-bond donors (Lipinski definition) is 2. The van der Waals surface area contributed by atoms with Gasteiger partial charge in [0, 0.05) is 18.8 Å². The Bertz CT molecular complexity index is 1020. The molecule has 2 aromatic rings. The number of sulfonamides is 1. The molecule has 8 nitrogen and oxygen atoms in total. The second-order valence-electron chi connectivity index (χ2n) is 6.50. The number of carbonyl (C=O) groups is 2. The highest BCUT2D eigenvalue weighted by atomic mass is 35.5. The molecule has 10 heteroatoms. The van der Waals surface area contributed by atoms with Gasteiger partial charge in [0.05, 0.1) is 21.2 Å². The van der Waals surface area contributed by atoms with Crippen LogP contribution in [0, 0.1) is 0 Å². The van der Waals surface area contributed by atoms with Gasteiger partial charge in [-0.3, -0.25) is 4.79 Å². The minimum absolute atomic E-state index is 0.171. The molecule has 0 radical (unpaired) electrons. The lowest BCUT2D eigenvalue weighted by Gasteiger charge is -2.15. The summed E-state index contributed by atoms with van der Waals surface area (Å²) in [5, 5.41) is 2.86. The average molecular weight is 438 g/mol. The minimum atomic E-state index is -3.51. The molecule has 0 aliphatic carbocycles. The number of carbonyl (C=O) groups excluding carboxylic acids is 2. The predicted octanol–water partition coefficient (Wildman–Crippen LogP) is 2.50. The van der Waals surface area contributed by atoms with Crippen LogP contribution in [0.5, 0.6) is 0 Å². The fraction of sp³-hybridized carbons (Fsp3) is 0.263. The fourth-order valence-corrected chi connectivity index (χ4v) is 4.50. The van der Waals surface area contributed by atoms with Gasteiger partial charge in [0.2, 0.25) is 10.0 Å². The number of nitrogen functional groups attached to an aromatic ring is 1. The Morgan fingerprint density at radius 2 is 1.76 bits per heavy atom. The zero-order chi connectivity index (χ0) is 21.0. The number of amides is 1. The largest absolute Gasteiger partial charge is 0.452 e. The molecule has 1 aliphatic rings. The number of hydrogen-bond acceptors (Lipinski definition) is 6. The van der Waals surface area contributed by atoms with Crippen LogP contribution in [-0.2, 0) is 19.6 Å². The molecule has 0 atom stereocenters. The topological polar surface area (TPSA) is 119 Å². The molecule has 0 bridgehead atoms. The van der Waals surface area contributed by atoms with Crippen molar-refractivity contribution in [2.75, 3.05) is 30.7 Å². The van der Waals surface area contributed by atoms with Crippen molar-refractivity contribution >= 4 is 44.9 Å². The van der Waals surface area contributed by atoms with E-state index in [0.717, 1.165) is 12.8 Å². The van der Waals surface area contributed by atoms with Gasteiger partial charge in [-0.1, -0.05) is 11.6 Å². The van der Waals surface area contributed by atoms with Crippen molar-refractivity contribution in [2.24, 2.45) is 0 Å². The third-order valence-electron chi connectivity index (χ3n) is 4.41. The summed E-state index contributed by atoms with van der Waals surface area (Å²) in [4.78, 5) is 24.1. The Balaban J connectivity index is 1.55. The van der Waals surface area contributed by atoms with E-state index < -0.39 is 28.5 Å². The van der Waals surface area contributed by atoms with E-state index in [-0.39, 0.29) is 16.1 Å². The third-order valence-corrected chi connectivity index (χ3v) is 6.66. The van der Waals surface area contributed by atoms with Gasteiger partial charge in [0.1, 0.15) is 0 Å². The summed E-state index contributed by atoms with van der Waals surface area (Å²) in [6, 6.07) is 10.1. The number of benzene rings is 2. The summed E-state index contributed by atoms with van der Waals surface area (Å²) >= 11 is 5.80. The number of halogens is 1. The second-order valence-corrected chi connectivity index (χ2v) is 8.84. The fourth-order valence-electron chi connectivity index (χ4n) is 2.87. The van der Waals surface area contributed by atoms with E-state index >= 15 is 0 Å². The summed E-state index contributed by atoms with van der Waals surface area (Å²) in [5.41, 5.74) is 6.43. The van der Waals surface area contributed by atoms with Gasteiger partial charge in [-0.05, 0) is 55.3 Å². The molecular weight excluding hydrogens is 418 g/mol. The predicted molar refractivity (Wildman–Crippen MR) is 109 cm³/mol. The maximum atomic E-state index is 12.5. The first-order valence-corrected chi connectivity index (χ1v) is 10.7. The molecule has 3 N–H and O–H groups in total. The van der Waals surface area contributed by atoms with Gasteiger partial charge in [-0.25, -0.2) is 13.2 Å². The lowest BCUT2D eigenvalue weighted by molar-refractivity contribution is -0.119. The molecule has 0 spiro atoms. The number of nitrogens with two attached hydrogens (primary N) is 1. The molecule has 1 fully saturated rings. The Morgan fingerprint density at radius 1 is 1.10 bits per heavy atom. The summed E-state index contributed by atoms with van der Waals surface area (Å²) < 4.78 is 31.4. The van der Waals surface area contributed by atoms with E-state index in [9.17, 15) is 18.0 Å². The number of rotatable bonds is 6. The molecule has 29 heavy (non-hydrogen) atoms. The van der Waals surface area contributed by atoms with Crippen LogP contribution < -0.4 is 11.1 Å². The summed E-state index contributed by atoms with van der Waals surface area (Å²) in [7, 11) is -3.51. The summed E-state index contributed by atoms with van der Waals surface area (Å²) in [6.45, 7) is 0.534. The molecule has 3 rings (SSSR count). The monoisotopic (exact) mass is 437 g/mol. The molecule has 0 unspecified atom stereocenters. The van der Waals surface area contributed by atoms with Crippen molar-refractivity contribution < 1.29 is 22.7 Å². The van der Waals surface area contributed by atoms with Crippen LogP contribution in [0.3, 0.4) is 0 Å². The lowest BCUT2D eigenvalue weighted by atomic mass is 10.2. The highest BCUT2D eigenvalue weighted by molar-refractivity contribution is 7.89. The van der Waals surface area contributed by atoms with Crippen LogP contribution in [0.4, 0.5) is 11.4 Å². The van der Waals surface area contributed by atoms with E-state index in [1.807, 2.05) is 0 Å². The van der Waals surface area contributed by atoms with E-state index in [1.54, 1.807) is 0 Å². The number of ether oxygens (including phenoxy) is 1. The van der Waals surface area contributed by atoms with E-state index in [0.29, 0.717) is 23.8 Å². The van der Waals surface area contributed by atoms with Crippen molar-refractivity contribution in [2.45, 2.75) is 17.7 Å². The average Bonchev–Trinajstić information content (AvgIpc) is 3.24. The normalized spacial score (nSPS) is 14.5. The first-order chi connectivity index (χ1) is 13.8. The van der Waals surface area contributed by atoms with Crippen molar-refractivity contribution in [3.63, 3.8) is 0 Å². The van der Waals surface area contributed by atoms with E-state index in [4.69, 9.17) is 22.1 Å². The van der Waals surface area contributed by atoms with Crippen LogP contribution in [0.25, 0.3) is 0 Å². The Labute approximate surface area is 173 Å². The Kier molecular flexibility index (Phi) is 6.41. The smallest absolute Gasteiger partial charge is 0.338 e. The van der Waals surface area contributed by atoms with Crippen LogP contribution in [0.15, 0.2) is 47.4 Å². The number of nitrogens with one attached hydrogen (secondary N) is 1. The zero-order valence-electron chi connectivity index (χ0n) is 15.4. The lowest BCUT2D eigenvalue weighted by Crippen LogP contribution is -2.27. The molecule has 1 saturated heterocycles. The number of nitrogens with zero attached hydrogens (tertiary/aromatic N) is 1. The standard InChI is InChI=1S/C19H20ClN3O5S/c20-16-8-3-13(11-17(16)21)19(25)28-12-18(24)22-14-4-6-15(7-5-14)29(26,27)23-9-1-2-10-23/h3-8,11H,1-2,9-10,12,21H2,(H,22,24). The molecule has 1 aliphatic heterocycles. The summed E-state index contributed by atoms with van der Waals surface area (Å²) in [6.07, 6.45) is 1.71. The molecule has 1 amide bonds. The molecular formula is C19H20ClN3O5S. The molecule has 154 valence electrons. The first kappa shape index (κ1) is 21.1. The number of esters is 1. The van der Waals surface area contributed by atoms with E-state index in [2.05, 4.69) is 5.32 Å². The van der Waals surface area contributed by atoms with Crippen LogP contribution in [0.1, 0.15) is 23.2 Å². The molecule has 2 aromatic carbocycles. The maximum absolute atomic E-state index is 12.5. The van der Waals surface area contributed by atoms with Gasteiger partial charge in [0.15, 0.2) is 6.61 Å². The first-order valence-electron chi connectivity index (χ1n) is 8.89. The third kappa shape index (κ3) is 5.06. The maximum Gasteiger partial charge on any atom is 0.338 e. The van der Waals surface area contributed by atoms with Gasteiger partial charge >= 0.3 is 5.97 Å². The molecule has 0 saturated carbocycles. The van der Waals surface area contributed by atoms with Gasteiger partial charge in [0.25, 0.3) is 5.91 Å². The van der Waals surface area contributed by atoms with Crippen molar-refractivity contribution in [1.82, 2.24) is 4.31 Å². The second kappa shape index (κ2) is 8.81.